The Morgan fingerprint density at radius 3 is 2.73 bits per heavy atom. The van der Waals surface area contributed by atoms with Crippen molar-refractivity contribution in [3.63, 3.8) is 0 Å². The number of para-hydroxylation sites is 1. The van der Waals surface area contributed by atoms with E-state index in [0.29, 0.717) is 18.4 Å². The molecule has 0 heterocycles. The third kappa shape index (κ3) is 7.28. The second-order valence-electron chi connectivity index (χ2n) is 6.75. The Morgan fingerprint density at radius 1 is 1.31 bits per heavy atom. The van der Waals surface area contributed by atoms with Crippen LogP contribution in [0.5, 0.6) is 5.75 Å². The van der Waals surface area contributed by atoms with E-state index in [9.17, 15) is 4.79 Å². The summed E-state index contributed by atoms with van der Waals surface area (Å²) >= 11 is 0. The first-order valence-electron chi connectivity index (χ1n) is 9.11. The number of rotatable bonds is 11. The number of carbonyl (C=O) groups is 1. The SMILES string of the molecule is C=C(/C=C\C=C(/C)Oc1ccccc1)[C@H]1C[C@@H](CCCOCC(=O)O)C1. The molecule has 0 bridgehead atoms. The lowest BCUT2D eigenvalue weighted by atomic mass is 9.69. The van der Waals surface area contributed by atoms with Crippen molar-refractivity contribution in [3.8, 4) is 5.75 Å². The molecular formula is C22H28O4. The molecule has 0 radical (unpaired) electrons. The Labute approximate surface area is 155 Å². The van der Waals surface area contributed by atoms with Gasteiger partial charge in [0, 0.05) is 6.61 Å². The van der Waals surface area contributed by atoms with E-state index < -0.39 is 5.97 Å². The molecule has 1 aliphatic rings. The molecule has 0 spiro atoms. The zero-order valence-electron chi connectivity index (χ0n) is 15.4. The van der Waals surface area contributed by atoms with Gasteiger partial charge in [-0.1, -0.05) is 42.5 Å². The van der Waals surface area contributed by atoms with Gasteiger partial charge in [0.2, 0.25) is 0 Å². The van der Waals surface area contributed by atoms with E-state index in [-0.39, 0.29) is 6.61 Å². The van der Waals surface area contributed by atoms with E-state index in [4.69, 9.17) is 14.6 Å². The second kappa shape index (κ2) is 10.6. The van der Waals surface area contributed by atoms with Gasteiger partial charge in [-0.05, 0) is 62.7 Å². The summed E-state index contributed by atoms with van der Waals surface area (Å²) < 4.78 is 10.8. The van der Waals surface area contributed by atoms with Crippen molar-refractivity contribution in [1.82, 2.24) is 0 Å². The van der Waals surface area contributed by atoms with Crippen LogP contribution in [0, 0.1) is 11.8 Å². The monoisotopic (exact) mass is 356 g/mol. The maximum atomic E-state index is 10.3. The van der Waals surface area contributed by atoms with E-state index >= 15 is 0 Å². The fraction of sp³-hybridized carbons (Fsp3) is 0.409. The van der Waals surface area contributed by atoms with Crippen LogP contribution in [-0.4, -0.2) is 24.3 Å². The molecule has 1 fully saturated rings. The van der Waals surface area contributed by atoms with Crippen LogP contribution in [0.15, 0.2) is 66.5 Å². The highest BCUT2D eigenvalue weighted by molar-refractivity contribution is 5.67. The molecule has 2 rings (SSSR count). The maximum absolute atomic E-state index is 10.3. The largest absolute Gasteiger partial charge is 0.480 e. The van der Waals surface area contributed by atoms with E-state index in [1.807, 2.05) is 49.4 Å². The van der Waals surface area contributed by atoms with Crippen LogP contribution >= 0.6 is 0 Å². The zero-order chi connectivity index (χ0) is 18.8. The highest BCUT2D eigenvalue weighted by Gasteiger charge is 2.29. The van der Waals surface area contributed by atoms with E-state index in [0.717, 1.165) is 42.8 Å². The predicted octanol–water partition coefficient (Wildman–Crippen LogP) is 4.99. The summed E-state index contributed by atoms with van der Waals surface area (Å²) in [6, 6.07) is 9.73. The molecule has 0 saturated heterocycles. The summed E-state index contributed by atoms with van der Waals surface area (Å²) in [6.07, 6.45) is 10.3. The molecule has 4 nitrogen and oxygen atoms in total. The van der Waals surface area contributed by atoms with Crippen LogP contribution < -0.4 is 4.74 Å². The van der Waals surface area contributed by atoms with E-state index in [1.54, 1.807) is 0 Å². The summed E-state index contributed by atoms with van der Waals surface area (Å²) in [5, 5.41) is 8.50. The Morgan fingerprint density at radius 2 is 2.04 bits per heavy atom. The maximum Gasteiger partial charge on any atom is 0.329 e. The summed E-state index contributed by atoms with van der Waals surface area (Å²) in [6.45, 7) is 6.44. The van der Waals surface area contributed by atoms with Gasteiger partial charge in [-0.25, -0.2) is 4.79 Å². The van der Waals surface area contributed by atoms with Crippen molar-refractivity contribution >= 4 is 5.97 Å². The third-order valence-electron chi connectivity index (χ3n) is 4.55. The molecule has 1 N–H and O–H groups in total. The van der Waals surface area contributed by atoms with E-state index in [2.05, 4.69) is 12.7 Å². The molecule has 26 heavy (non-hydrogen) atoms. The van der Waals surface area contributed by atoms with Crippen molar-refractivity contribution in [2.24, 2.45) is 11.8 Å². The van der Waals surface area contributed by atoms with Gasteiger partial charge in [-0.2, -0.15) is 0 Å². The lowest BCUT2D eigenvalue weighted by Gasteiger charge is -2.36. The van der Waals surface area contributed by atoms with Crippen molar-refractivity contribution in [2.75, 3.05) is 13.2 Å². The van der Waals surface area contributed by atoms with Crippen LogP contribution in [-0.2, 0) is 9.53 Å². The molecule has 0 amide bonds. The minimum absolute atomic E-state index is 0.199. The molecule has 1 saturated carbocycles. The van der Waals surface area contributed by atoms with Gasteiger partial charge < -0.3 is 14.6 Å². The van der Waals surface area contributed by atoms with Crippen molar-refractivity contribution in [2.45, 2.75) is 32.6 Å². The number of carboxylic acids is 1. The second-order valence-corrected chi connectivity index (χ2v) is 6.75. The Kier molecular flexibility index (Phi) is 8.16. The normalized spacial score (nSPS) is 20.0. The smallest absolute Gasteiger partial charge is 0.329 e. The molecular weight excluding hydrogens is 328 g/mol. The van der Waals surface area contributed by atoms with Crippen molar-refractivity contribution in [1.29, 1.82) is 0 Å². The highest BCUT2D eigenvalue weighted by atomic mass is 16.5. The fourth-order valence-electron chi connectivity index (χ4n) is 3.06. The Bertz CT molecular complexity index is 639. The molecule has 0 atom stereocenters. The number of carboxylic acid groups (broad SMARTS) is 1. The molecule has 1 aromatic carbocycles. The summed E-state index contributed by atoms with van der Waals surface area (Å²) in [5.41, 5.74) is 1.16. The first kappa shape index (κ1) is 20.0. The molecule has 4 heteroatoms. The van der Waals surface area contributed by atoms with Crippen LogP contribution in [0.2, 0.25) is 0 Å². The molecule has 0 unspecified atom stereocenters. The molecule has 0 aromatic heterocycles. The average molecular weight is 356 g/mol. The van der Waals surface area contributed by atoms with Crippen molar-refractivity contribution < 1.29 is 19.4 Å². The van der Waals surface area contributed by atoms with Crippen LogP contribution in [0.1, 0.15) is 32.6 Å². The molecule has 0 aliphatic heterocycles. The van der Waals surface area contributed by atoms with Crippen LogP contribution in [0.25, 0.3) is 0 Å². The van der Waals surface area contributed by atoms with Gasteiger partial charge in [-0.15, -0.1) is 0 Å². The molecule has 1 aromatic rings. The number of allylic oxidation sites excluding steroid dienone is 5. The third-order valence-corrected chi connectivity index (χ3v) is 4.55. The lowest BCUT2D eigenvalue weighted by molar-refractivity contribution is -0.142. The number of hydrogen-bond donors (Lipinski definition) is 1. The molecule has 140 valence electrons. The summed E-state index contributed by atoms with van der Waals surface area (Å²) in [5.74, 6) is 2.03. The first-order valence-corrected chi connectivity index (χ1v) is 9.11. The first-order chi connectivity index (χ1) is 12.5. The highest BCUT2D eigenvalue weighted by Crippen LogP contribution is 2.41. The van der Waals surface area contributed by atoms with Crippen LogP contribution in [0.3, 0.4) is 0 Å². The van der Waals surface area contributed by atoms with Gasteiger partial charge in [0.25, 0.3) is 0 Å². The fourth-order valence-corrected chi connectivity index (χ4v) is 3.06. The Hall–Kier alpha value is -2.33. The minimum atomic E-state index is -0.907. The zero-order valence-corrected chi connectivity index (χ0v) is 15.4. The quantitative estimate of drug-likeness (QED) is 0.345. The summed E-state index contributed by atoms with van der Waals surface area (Å²) in [7, 11) is 0. The number of aliphatic carboxylic acids is 1. The van der Waals surface area contributed by atoms with Gasteiger partial charge in [0.05, 0.1) is 0 Å². The predicted molar refractivity (Wildman–Crippen MR) is 103 cm³/mol. The van der Waals surface area contributed by atoms with Gasteiger partial charge in [0.1, 0.15) is 18.1 Å². The number of hydrogen-bond acceptors (Lipinski definition) is 3. The number of benzene rings is 1. The lowest BCUT2D eigenvalue weighted by Crippen LogP contribution is -2.24. The van der Waals surface area contributed by atoms with E-state index in [1.165, 1.54) is 0 Å². The molecule has 1 aliphatic carbocycles. The summed E-state index contributed by atoms with van der Waals surface area (Å²) in [4.78, 5) is 10.3. The average Bonchev–Trinajstić information content (AvgIpc) is 2.56. The topological polar surface area (TPSA) is 55.8 Å². The Balaban J connectivity index is 1.61. The van der Waals surface area contributed by atoms with Gasteiger partial charge >= 0.3 is 5.97 Å². The standard InChI is InChI=1S/C22H28O4/c1-17(8-6-9-18(2)26-21-11-4-3-5-12-21)20-14-19(15-20)10-7-13-25-16-22(23)24/h3-6,8-9,11-12,19-20H,1,7,10,13-16H2,2H3,(H,23,24)/b8-6-,18-9+/t19-,20+. The minimum Gasteiger partial charge on any atom is -0.480 e. The van der Waals surface area contributed by atoms with Crippen LogP contribution in [0.4, 0.5) is 0 Å². The van der Waals surface area contributed by atoms with Gasteiger partial charge in [0.15, 0.2) is 0 Å². The number of ether oxygens (including phenoxy) is 2. The van der Waals surface area contributed by atoms with Crippen molar-refractivity contribution in [3.05, 3.63) is 66.5 Å². The van der Waals surface area contributed by atoms with Gasteiger partial charge in [-0.3, -0.25) is 0 Å².